The van der Waals surface area contributed by atoms with Crippen molar-refractivity contribution in [3.05, 3.63) is 12.2 Å². The van der Waals surface area contributed by atoms with Gasteiger partial charge in [0.15, 0.2) is 0 Å². The molecule has 0 aliphatic heterocycles. The van der Waals surface area contributed by atoms with Gasteiger partial charge in [-0.05, 0) is 50.0 Å². The minimum Gasteiger partial charge on any atom is -0.464 e. The van der Waals surface area contributed by atoms with Crippen molar-refractivity contribution in [1.29, 1.82) is 0 Å². The van der Waals surface area contributed by atoms with Gasteiger partial charge < -0.3 is 9.64 Å². The monoisotopic (exact) mass is 511 g/mol. The highest BCUT2D eigenvalue weighted by Crippen LogP contribution is 2.10. The Hall–Kier alpha value is 0.250. The largest absolute Gasteiger partial charge is 0.464 e. The number of nitrogens with zero attached hydrogens (tertiary/aromatic N) is 1. The van der Waals surface area contributed by atoms with Crippen LogP contribution in [0.15, 0.2) is 12.2 Å². The van der Waals surface area contributed by atoms with E-state index >= 15 is 0 Å². The summed E-state index contributed by atoms with van der Waals surface area (Å²) in [6.07, 6.45) is 20.5. The fraction of sp³-hybridized carbons (Fsp3) is 0.864. The predicted molar refractivity (Wildman–Crippen MR) is 130 cm³/mol. The van der Waals surface area contributed by atoms with Gasteiger partial charge in [-0.3, -0.25) is 4.79 Å². The van der Waals surface area contributed by atoms with Gasteiger partial charge in [0.2, 0.25) is 0 Å². The van der Waals surface area contributed by atoms with Crippen molar-refractivity contribution in [2.75, 3.05) is 36.9 Å². The lowest BCUT2D eigenvalue weighted by Gasteiger charge is -2.14. The zero-order valence-electron chi connectivity index (χ0n) is 17.5. The quantitative estimate of drug-likeness (QED) is 0.0509. The lowest BCUT2D eigenvalue weighted by molar-refractivity contribution is -0.144. The molecule has 0 amide bonds. The minimum atomic E-state index is -0.0495. The average molecular weight is 512 g/mol. The first-order valence-corrected chi connectivity index (χ1v) is 13.0. The zero-order valence-corrected chi connectivity index (χ0v) is 20.5. The number of halogens is 1. The maximum Gasteiger partial charge on any atom is 0.305 e. The maximum atomic E-state index is 11.7. The summed E-state index contributed by atoms with van der Waals surface area (Å²) in [5.74, 6) is 0.783. The molecule has 0 radical (unpaired) electrons. The van der Waals surface area contributed by atoms with Crippen molar-refractivity contribution in [2.45, 2.75) is 83.5 Å². The molecule has 0 aromatic rings. The Morgan fingerprint density at radius 2 is 1.44 bits per heavy atom. The highest BCUT2D eigenvalue weighted by molar-refractivity contribution is 14.1. The topological polar surface area (TPSA) is 29.5 Å². The third kappa shape index (κ3) is 22.4. The lowest BCUT2D eigenvalue weighted by Crippen LogP contribution is -2.26. The first-order chi connectivity index (χ1) is 13.2. The predicted octanol–water partition coefficient (Wildman–Crippen LogP) is 6.45. The molecule has 5 heteroatoms. The number of hydrogen-bond acceptors (Lipinski definition) is 4. The highest BCUT2D eigenvalue weighted by atomic mass is 127. The number of carbonyl (C=O) groups is 1. The summed E-state index contributed by atoms with van der Waals surface area (Å²) < 4.78 is 6.57. The molecule has 0 heterocycles. The standard InChI is InChI=1S/C22H42INO2S/c1-24(19-21-27)18-20-26-22(25)16-14-12-10-8-6-4-2-3-5-7-9-11-13-15-17-23/h2-3,27H,4-21H2,1H3/b3-2-. The summed E-state index contributed by atoms with van der Waals surface area (Å²) >= 11 is 6.65. The smallest absolute Gasteiger partial charge is 0.305 e. The molecule has 160 valence electrons. The van der Waals surface area contributed by atoms with Gasteiger partial charge in [0.1, 0.15) is 6.61 Å². The summed E-state index contributed by atoms with van der Waals surface area (Å²) in [5.41, 5.74) is 0. The van der Waals surface area contributed by atoms with Crippen molar-refractivity contribution >= 4 is 41.2 Å². The van der Waals surface area contributed by atoms with Crippen LogP contribution in [-0.2, 0) is 9.53 Å². The molecule has 0 atom stereocenters. The second-order valence-corrected chi connectivity index (χ2v) is 8.80. The fourth-order valence-corrected chi connectivity index (χ4v) is 3.74. The van der Waals surface area contributed by atoms with Gasteiger partial charge in [0, 0.05) is 25.3 Å². The molecular weight excluding hydrogens is 469 g/mol. The second kappa shape index (κ2) is 22.5. The summed E-state index contributed by atoms with van der Waals surface area (Å²) in [5, 5.41) is 0. The van der Waals surface area contributed by atoms with Gasteiger partial charge >= 0.3 is 5.97 Å². The van der Waals surface area contributed by atoms with E-state index in [-0.39, 0.29) is 5.97 Å². The summed E-state index contributed by atoms with van der Waals surface area (Å²) in [6.45, 7) is 2.21. The van der Waals surface area contributed by atoms with Gasteiger partial charge in [-0.2, -0.15) is 12.6 Å². The number of carbonyl (C=O) groups excluding carboxylic acids is 1. The van der Waals surface area contributed by atoms with Crippen molar-refractivity contribution < 1.29 is 9.53 Å². The molecule has 27 heavy (non-hydrogen) atoms. The van der Waals surface area contributed by atoms with Crippen molar-refractivity contribution in [2.24, 2.45) is 0 Å². The SMILES string of the molecule is CN(CCS)CCOC(=O)CCCCCCC/C=C\CCCCCCCI. The number of esters is 1. The number of ether oxygens (including phenoxy) is 1. The molecule has 0 aromatic heterocycles. The molecule has 0 fully saturated rings. The van der Waals surface area contributed by atoms with Crippen molar-refractivity contribution in [1.82, 2.24) is 4.90 Å². The van der Waals surface area contributed by atoms with Gasteiger partial charge in [0.05, 0.1) is 0 Å². The van der Waals surface area contributed by atoms with Crippen LogP contribution >= 0.6 is 35.2 Å². The van der Waals surface area contributed by atoms with Gasteiger partial charge in [-0.1, -0.05) is 73.3 Å². The van der Waals surface area contributed by atoms with Crippen LogP contribution in [0.3, 0.4) is 0 Å². The molecule has 0 aromatic carbocycles. The normalized spacial score (nSPS) is 11.6. The van der Waals surface area contributed by atoms with E-state index in [1.165, 1.54) is 68.6 Å². The summed E-state index contributed by atoms with van der Waals surface area (Å²) in [7, 11) is 2.02. The van der Waals surface area contributed by atoms with Crippen molar-refractivity contribution in [3.8, 4) is 0 Å². The fourth-order valence-electron chi connectivity index (χ4n) is 2.85. The molecule has 0 aliphatic rings. The first kappa shape index (κ1) is 27.2. The van der Waals surface area contributed by atoms with E-state index in [0.717, 1.165) is 31.7 Å². The second-order valence-electron chi connectivity index (χ2n) is 7.27. The average Bonchev–Trinajstić information content (AvgIpc) is 2.65. The van der Waals surface area contributed by atoms with E-state index in [2.05, 4.69) is 52.3 Å². The lowest BCUT2D eigenvalue weighted by atomic mass is 10.1. The number of hydrogen-bond donors (Lipinski definition) is 1. The Morgan fingerprint density at radius 1 is 0.889 bits per heavy atom. The molecule has 0 aliphatic carbocycles. The van der Waals surface area contributed by atoms with Crippen LogP contribution in [0, 0.1) is 0 Å². The summed E-state index contributed by atoms with van der Waals surface area (Å²) in [6, 6.07) is 0. The Kier molecular flexibility index (Phi) is 22.7. The Balaban J connectivity index is 3.25. The summed E-state index contributed by atoms with van der Waals surface area (Å²) in [4.78, 5) is 13.8. The van der Waals surface area contributed by atoms with E-state index in [1.807, 2.05) is 7.05 Å². The first-order valence-electron chi connectivity index (χ1n) is 10.9. The number of unbranched alkanes of at least 4 members (excludes halogenated alkanes) is 10. The maximum absolute atomic E-state index is 11.7. The molecule has 0 N–H and O–H groups in total. The van der Waals surface area contributed by atoms with Crippen LogP contribution in [0.4, 0.5) is 0 Å². The molecule has 3 nitrogen and oxygen atoms in total. The number of allylic oxidation sites excluding steroid dienone is 2. The number of rotatable bonds is 20. The van der Waals surface area contributed by atoms with Gasteiger partial charge in [0.25, 0.3) is 0 Å². The van der Waals surface area contributed by atoms with E-state index in [9.17, 15) is 4.79 Å². The van der Waals surface area contributed by atoms with Crippen LogP contribution in [0.2, 0.25) is 0 Å². The minimum absolute atomic E-state index is 0.0495. The highest BCUT2D eigenvalue weighted by Gasteiger charge is 2.03. The van der Waals surface area contributed by atoms with E-state index in [1.54, 1.807) is 0 Å². The van der Waals surface area contributed by atoms with Crippen LogP contribution in [0.1, 0.15) is 83.5 Å². The molecule has 0 rings (SSSR count). The van der Waals surface area contributed by atoms with E-state index < -0.39 is 0 Å². The molecule has 0 saturated carbocycles. The van der Waals surface area contributed by atoms with Gasteiger partial charge in [-0.25, -0.2) is 0 Å². The third-order valence-corrected chi connectivity index (χ3v) is 5.60. The zero-order chi connectivity index (χ0) is 20.0. The molecular formula is C22H42INO2S. The molecule has 0 bridgehead atoms. The number of likely N-dealkylation sites (N-methyl/N-ethyl adjacent to an activating group) is 1. The van der Waals surface area contributed by atoms with Crippen LogP contribution in [0.25, 0.3) is 0 Å². The Morgan fingerprint density at radius 3 is 2.04 bits per heavy atom. The van der Waals surface area contributed by atoms with E-state index in [0.29, 0.717) is 13.0 Å². The van der Waals surface area contributed by atoms with Gasteiger partial charge in [-0.15, -0.1) is 0 Å². The Labute approximate surface area is 187 Å². The molecule has 0 unspecified atom stereocenters. The van der Waals surface area contributed by atoms with Crippen LogP contribution in [0.5, 0.6) is 0 Å². The van der Waals surface area contributed by atoms with Crippen molar-refractivity contribution in [3.63, 3.8) is 0 Å². The van der Waals surface area contributed by atoms with E-state index in [4.69, 9.17) is 4.74 Å². The molecule has 0 saturated heterocycles. The third-order valence-electron chi connectivity index (χ3n) is 4.64. The van der Waals surface area contributed by atoms with Crippen LogP contribution < -0.4 is 0 Å². The Bertz CT molecular complexity index is 353. The number of alkyl halides is 1. The number of thiol groups is 1. The van der Waals surface area contributed by atoms with Crippen LogP contribution in [-0.4, -0.2) is 47.8 Å². The molecule has 0 spiro atoms.